The zero-order chi connectivity index (χ0) is 15.7. The van der Waals surface area contributed by atoms with Crippen LogP contribution in [0.5, 0.6) is 0 Å². The van der Waals surface area contributed by atoms with E-state index in [1.807, 2.05) is 0 Å². The van der Waals surface area contributed by atoms with Crippen molar-refractivity contribution in [2.75, 3.05) is 0 Å². The van der Waals surface area contributed by atoms with Crippen molar-refractivity contribution in [1.29, 1.82) is 0 Å². The molecule has 2 aromatic heterocycles. The summed E-state index contributed by atoms with van der Waals surface area (Å²) in [5.41, 5.74) is 2.75. The maximum absolute atomic E-state index is 4.78. The molecule has 0 aliphatic heterocycles. The molecule has 0 atom stereocenters. The Bertz CT molecular complexity index is 582. The van der Waals surface area contributed by atoms with Crippen LogP contribution in [0.3, 0.4) is 0 Å². The van der Waals surface area contributed by atoms with Gasteiger partial charge in [0.1, 0.15) is 5.01 Å². The Labute approximate surface area is 132 Å². The first-order valence-electron chi connectivity index (χ1n) is 7.49. The van der Waals surface area contributed by atoms with Crippen LogP contribution in [0.4, 0.5) is 0 Å². The van der Waals surface area contributed by atoms with E-state index in [1.165, 1.54) is 16.4 Å². The third-order valence-electron chi connectivity index (χ3n) is 3.35. The number of hydrogen-bond donors (Lipinski definition) is 1. The Kier molecular flexibility index (Phi) is 4.59. The maximum Gasteiger partial charge on any atom is 0.113 e. The highest BCUT2D eigenvalue weighted by Crippen LogP contribution is 2.24. The lowest BCUT2D eigenvalue weighted by Gasteiger charge is -2.21. The number of nitrogens with one attached hydrogen (secondary N) is 1. The first-order valence-corrected chi connectivity index (χ1v) is 8.37. The zero-order valence-electron chi connectivity index (χ0n) is 14.0. The molecule has 0 unspecified atom stereocenters. The largest absolute Gasteiger partial charge is 0.343 e. The maximum atomic E-state index is 4.78. The highest BCUT2D eigenvalue weighted by molar-refractivity contribution is 7.09. The van der Waals surface area contributed by atoms with Gasteiger partial charge in [-0.1, -0.05) is 20.8 Å². The number of aromatic nitrogens is 2. The number of nitrogens with zero attached hydrogens (tertiary/aromatic N) is 2. The molecular formula is C17H27N3S. The van der Waals surface area contributed by atoms with Crippen LogP contribution < -0.4 is 5.32 Å². The SMILES string of the molecule is CC(C)(C)NCc1cccn1Cc1nc(C(C)(C)C)cs1. The third kappa shape index (κ3) is 4.68. The quantitative estimate of drug-likeness (QED) is 0.918. The Morgan fingerprint density at radius 1 is 1.19 bits per heavy atom. The minimum Gasteiger partial charge on any atom is -0.343 e. The Hall–Kier alpha value is -1.13. The van der Waals surface area contributed by atoms with Crippen molar-refractivity contribution < 1.29 is 0 Å². The molecule has 2 heterocycles. The number of hydrogen-bond acceptors (Lipinski definition) is 3. The fourth-order valence-corrected chi connectivity index (χ4v) is 3.01. The highest BCUT2D eigenvalue weighted by Gasteiger charge is 2.17. The fourth-order valence-electron chi connectivity index (χ4n) is 1.99. The molecule has 21 heavy (non-hydrogen) atoms. The molecule has 0 fully saturated rings. The molecule has 0 aliphatic carbocycles. The van der Waals surface area contributed by atoms with Gasteiger partial charge in [-0.05, 0) is 32.9 Å². The summed E-state index contributed by atoms with van der Waals surface area (Å²) in [5, 5.41) is 6.90. The Morgan fingerprint density at radius 3 is 2.48 bits per heavy atom. The topological polar surface area (TPSA) is 29.9 Å². The van der Waals surface area contributed by atoms with Gasteiger partial charge in [0.05, 0.1) is 12.2 Å². The molecule has 2 rings (SSSR count). The smallest absolute Gasteiger partial charge is 0.113 e. The van der Waals surface area contributed by atoms with Crippen molar-refractivity contribution >= 4 is 11.3 Å². The van der Waals surface area contributed by atoms with Gasteiger partial charge in [-0.25, -0.2) is 4.98 Å². The van der Waals surface area contributed by atoms with E-state index in [0.29, 0.717) is 0 Å². The molecular weight excluding hydrogens is 278 g/mol. The van der Waals surface area contributed by atoms with Crippen molar-refractivity contribution in [1.82, 2.24) is 14.9 Å². The van der Waals surface area contributed by atoms with Crippen molar-refractivity contribution in [2.45, 2.75) is 65.6 Å². The molecule has 2 aromatic rings. The van der Waals surface area contributed by atoms with E-state index in [-0.39, 0.29) is 11.0 Å². The second-order valence-electron chi connectivity index (χ2n) is 7.61. The molecule has 4 heteroatoms. The van der Waals surface area contributed by atoms with E-state index in [0.717, 1.165) is 13.1 Å². The summed E-state index contributed by atoms with van der Waals surface area (Å²) in [7, 11) is 0. The molecule has 0 saturated heterocycles. The van der Waals surface area contributed by atoms with Crippen molar-refractivity contribution in [3.05, 3.63) is 40.1 Å². The van der Waals surface area contributed by atoms with Crippen LogP contribution in [0.1, 0.15) is 57.9 Å². The predicted molar refractivity (Wildman–Crippen MR) is 90.9 cm³/mol. The van der Waals surface area contributed by atoms with Crippen LogP contribution in [0.25, 0.3) is 0 Å². The van der Waals surface area contributed by atoms with Gasteiger partial charge in [0.2, 0.25) is 0 Å². The summed E-state index contributed by atoms with van der Waals surface area (Å²) in [6.45, 7) is 14.9. The highest BCUT2D eigenvalue weighted by atomic mass is 32.1. The van der Waals surface area contributed by atoms with E-state index in [4.69, 9.17) is 4.98 Å². The van der Waals surface area contributed by atoms with Crippen LogP contribution in [0.15, 0.2) is 23.7 Å². The van der Waals surface area contributed by atoms with E-state index in [1.54, 1.807) is 11.3 Å². The molecule has 0 bridgehead atoms. The third-order valence-corrected chi connectivity index (χ3v) is 4.18. The second-order valence-corrected chi connectivity index (χ2v) is 8.55. The summed E-state index contributed by atoms with van der Waals surface area (Å²) in [6, 6.07) is 4.29. The number of rotatable bonds is 4. The van der Waals surface area contributed by atoms with Gasteiger partial charge < -0.3 is 9.88 Å². The molecule has 0 aromatic carbocycles. The van der Waals surface area contributed by atoms with Gasteiger partial charge in [0.15, 0.2) is 0 Å². The van der Waals surface area contributed by atoms with Crippen molar-refractivity contribution in [3.63, 3.8) is 0 Å². The summed E-state index contributed by atoms with van der Waals surface area (Å²) in [5.74, 6) is 0. The minimum absolute atomic E-state index is 0.127. The normalized spacial score (nSPS) is 12.9. The monoisotopic (exact) mass is 305 g/mol. The lowest BCUT2D eigenvalue weighted by atomic mass is 9.93. The lowest BCUT2D eigenvalue weighted by Crippen LogP contribution is -2.35. The van der Waals surface area contributed by atoms with E-state index < -0.39 is 0 Å². The molecule has 0 amide bonds. The molecule has 1 N–H and O–H groups in total. The van der Waals surface area contributed by atoms with E-state index in [9.17, 15) is 0 Å². The lowest BCUT2D eigenvalue weighted by molar-refractivity contribution is 0.417. The van der Waals surface area contributed by atoms with Gasteiger partial charge in [0.25, 0.3) is 0 Å². The summed E-state index contributed by atoms with van der Waals surface area (Å²) in [4.78, 5) is 4.78. The second kappa shape index (κ2) is 5.93. The van der Waals surface area contributed by atoms with Crippen LogP contribution in [-0.2, 0) is 18.5 Å². The molecule has 0 spiro atoms. The first kappa shape index (κ1) is 16.2. The molecule has 116 valence electrons. The van der Waals surface area contributed by atoms with Gasteiger partial charge in [-0.2, -0.15) is 0 Å². The van der Waals surface area contributed by atoms with Crippen LogP contribution >= 0.6 is 11.3 Å². The van der Waals surface area contributed by atoms with Gasteiger partial charge in [-0.3, -0.25) is 0 Å². The molecule has 0 radical (unpaired) electrons. The average Bonchev–Trinajstić information content (AvgIpc) is 2.94. The van der Waals surface area contributed by atoms with E-state index >= 15 is 0 Å². The molecule has 0 aliphatic rings. The summed E-state index contributed by atoms with van der Waals surface area (Å²) in [6.07, 6.45) is 2.14. The van der Waals surface area contributed by atoms with Crippen molar-refractivity contribution in [3.8, 4) is 0 Å². The zero-order valence-corrected chi connectivity index (χ0v) is 14.8. The minimum atomic E-state index is 0.127. The Morgan fingerprint density at radius 2 is 1.90 bits per heavy atom. The predicted octanol–water partition coefficient (Wildman–Crippen LogP) is 4.18. The van der Waals surface area contributed by atoms with Crippen molar-refractivity contribution in [2.24, 2.45) is 0 Å². The van der Waals surface area contributed by atoms with Gasteiger partial charge in [0, 0.05) is 34.8 Å². The average molecular weight is 305 g/mol. The van der Waals surface area contributed by atoms with Crippen LogP contribution in [0.2, 0.25) is 0 Å². The Balaban J connectivity index is 2.07. The standard InChI is InChI=1S/C17H27N3S/c1-16(2,3)14-12-21-15(19-14)11-20-9-7-8-13(20)10-18-17(4,5)6/h7-9,12,18H,10-11H2,1-6H3. The van der Waals surface area contributed by atoms with E-state index in [2.05, 4.69) is 75.1 Å². The summed E-state index contributed by atoms with van der Waals surface area (Å²) < 4.78 is 2.28. The van der Waals surface area contributed by atoms with Gasteiger partial charge in [-0.15, -0.1) is 11.3 Å². The fraction of sp³-hybridized carbons (Fsp3) is 0.588. The van der Waals surface area contributed by atoms with Crippen LogP contribution in [-0.4, -0.2) is 15.1 Å². The first-order chi connectivity index (χ1) is 9.65. The molecule has 0 saturated carbocycles. The molecule has 3 nitrogen and oxygen atoms in total. The summed E-state index contributed by atoms with van der Waals surface area (Å²) >= 11 is 1.75. The van der Waals surface area contributed by atoms with Gasteiger partial charge >= 0.3 is 0 Å². The van der Waals surface area contributed by atoms with Crippen LogP contribution in [0, 0.1) is 0 Å². The number of thiazole rings is 1.